The molecule has 2 atom stereocenters. The predicted molar refractivity (Wildman–Crippen MR) is 109 cm³/mol. The van der Waals surface area contributed by atoms with Crippen molar-refractivity contribution in [3.8, 4) is 5.69 Å². The number of aromatic nitrogens is 3. The van der Waals surface area contributed by atoms with Crippen molar-refractivity contribution in [2.24, 2.45) is 0 Å². The summed E-state index contributed by atoms with van der Waals surface area (Å²) in [6, 6.07) is 11.2. The number of carbonyl (C=O) groups is 1. The van der Waals surface area contributed by atoms with Gasteiger partial charge >= 0.3 is 0 Å². The maximum atomic E-state index is 12.6. The zero-order valence-corrected chi connectivity index (χ0v) is 16.4. The van der Waals surface area contributed by atoms with Crippen molar-refractivity contribution in [3.05, 3.63) is 77.4 Å². The second kappa shape index (κ2) is 9.17. The normalized spacial score (nSPS) is 18.9. The molecule has 1 amide bonds. The summed E-state index contributed by atoms with van der Waals surface area (Å²) in [5, 5.41) is 26.7. The predicted octanol–water partition coefficient (Wildman–Crippen LogP) is 1.23. The van der Waals surface area contributed by atoms with Crippen molar-refractivity contribution in [3.63, 3.8) is 0 Å². The Labute approximate surface area is 174 Å². The molecule has 0 unspecified atom stereocenters. The summed E-state index contributed by atoms with van der Waals surface area (Å²) >= 11 is 0. The van der Waals surface area contributed by atoms with Crippen LogP contribution in [0.5, 0.6) is 0 Å². The van der Waals surface area contributed by atoms with Gasteiger partial charge in [-0.1, -0.05) is 12.1 Å². The molecule has 8 nitrogen and oxygen atoms in total. The first kappa shape index (κ1) is 20.2. The molecule has 2 aromatic heterocycles. The summed E-state index contributed by atoms with van der Waals surface area (Å²) in [6.45, 7) is 0.550. The fourth-order valence-corrected chi connectivity index (χ4v) is 3.50. The Balaban J connectivity index is 1.50. The van der Waals surface area contributed by atoms with Gasteiger partial charge in [-0.25, -0.2) is 4.68 Å². The van der Waals surface area contributed by atoms with Crippen molar-refractivity contribution < 1.29 is 19.7 Å². The zero-order chi connectivity index (χ0) is 20.9. The van der Waals surface area contributed by atoms with Crippen LogP contribution in [-0.2, 0) is 17.8 Å². The molecule has 0 radical (unpaired) electrons. The minimum absolute atomic E-state index is 0.158. The van der Waals surface area contributed by atoms with Crippen LogP contribution < -0.4 is 5.32 Å². The highest BCUT2D eigenvalue weighted by atomic mass is 16.5. The first-order chi connectivity index (χ1) is 14.6. The van der Waals surface area contributed by atoms with Gasteiger partial charge in [-0.15, -0.1) is 0 Å². The van der Waals surface area contributed by atoms with Crippen molar-refractivity contribution in [2.75, 3.05) is 13.2 Å². The van der Waals surface area contributed by atoms with Crippen LogP contribution in [0.1, 0.15) is 33.6 Å². The number of amides is 1. The van der Waals surface area contributed by atoms with Gasteiger partial charge in [0, 0.05) is 25.2 Å². The van der Waals surface area contributed by atoms with E-state index in [9.17, 15) is 15.0 Å². The SMILES string of the molecule is O=C(N[C@H]1CCOC[C@@H]1O)c1cc(Cc2ccc(-n3cccn3)cc2)c(CO)cn1. The van der Waals surface area contributed by atoms with Gasteiger partial charge in [0.15, 0.2) is 0 Å². The van der Waals surface area contributed by atoms with E-state index in [1.54, 1.807) is 16.9 Å². The summed E-state index contributed by atoms with van der Waals surface area (Å²) in [6.07, 6.45) is 5.51. The molecule has 1 aromatic carbocycles. The van der Waals surface area contributed by atoms with Gasteiger partial charge < -0.3 is 20.3 Å². The number of pyridine rings is 1. The topological polar surface area (TPSA) is 110 Å². The standard InChI is InChI=1S/C22H24N4O4/c27-13-17-12-23-20(22(29)25-19-6-9-30-14-21(19)28)11-16(17)10-15-2-4-18(5-3-15)26-8-1-7-24-26/h1-5,7-8,11-12,19,21,27-28H,6,9-10,13-14H2,(H,25,29)/t19-,21-/m0/s1. The van der Waals surface area contributed by atoms with E-state index in [0.717, 1.165) is 16.8 Å². The van der Waals surface area contributed by atoms with E-state index in [0.29, 0.717) is 25.0 Å². The second-order valence-electron chi connectivity index (χ2n) is 7.30. The van der Waals surface area contributed by atoms with Gasteiger partial charge in [-0.2, -0.15) is 5.10 Å². The van der Waals surface area contributed by atoms with Crippen LogP contribution in [0.2, 0.25) is 0 Å². The molecule has 0 saturated carbocycles. The lowest BCUT2D eigenvalue weighted by Crippen LogP contribution is -2.48. The van der Waals surface area contributed by atoms with E-state index in [1.807, 2.05) is 36.5 Å². The highest BCUT2D eigenvalue weighted by Gasteiger charge is 2.26. The number of rotatable bonds is 6. The monoisotopic (exact) mass is 408 g/mol. The molecule has 3 heterocycles. The number of nitrogens with one attached hydrogen (secondary N) is 1. The van der Waals surface area contributed by atoms with Crippen molar-refractivity contribution >= 4 is 5.91 Å². The van der Waals surface area contributed by atoms with Crippen LogP contribution in [0.25, 0.3) is 5.69 Å². The summed E-state index contributed by atoms with van der Waals surface area (Å²) in [4.78, 5) is 16.8. The Kier molecular flexibility index (Phi) is 6.18. The van der Waals surface area contributed by atoms with E-state index in [-0.39, 0.29) is 30.9 Å². The lowest BCUT2D eigenvalue weighted by atomic mass is 10.00. The van der Waals surface area contributed by atoms with Gasteiger partial charge in [-0.3, -0.25) is 9.78 Å². The quantitative estimate of drug-likeness (QED) is 0.566. The fourth-order valence-electron chi connectivity index (χ4n) is 3.50. The number of hydrogen-bond donors (Lipinski definition) is 3. The van der Waals surface area contributed by atoms with Crippen LogP contribution in [0.4, 0.5) is 0 Å². The molecule has 156 valence electrons. The Bertz CT molecular complexity index is 989. The van der Waals surface area contributed by atoms with Crippen LogP contribution >= 0.6 is 0 Å². The van der Waals surface area contributed by atoms with Gasteiger partial charge in [-0.05, 0) is 53.8 Å². The summed E-state index contributed by atoms with van der Waals surface area (Å²) in [7, 11) is 0. The average Bonchev–Trinajstić information content (AvgIpc) is 3.31. The van der Waals surface area contributed by atoms with E-state index < -0.39 is 6.10 Å². The Hall–Kier alpha value is -3.07. The molecule has 1 saturated heterocycles. The third-order valence-electron chi connectivity index (χ3n) is 5.23. The van der Waals surface area contributed by atoms with E-state index in [4.69, 9.17) is 4.74 Å². The van der Waals surface area contributed by atoms with Gasteiger partial charge in [0.05, 0.1) is 31.0 Å². The van der Waals surface area contributed by atoms with E-state index in [1.165, 1.54) is 6.20 Å². The summed E-state index contributed by atoms with van der Waals surface area (Å²) < 4.78 is 6.98. The summed E-state index contributed by atoms with van der Waals surface area (Å²) in [5.74, 6) is -0.347. The molecule has 3 N–H and O–H groups in total. The lowest BCUT2D eigenvalue weighted by molar-refractivity contribution is -0.0261. The molecule has 8 heteroatoms. The Morgan fingerprint density at radius 3 is 2.80 bits per heavy atom. The molecule has 1 fully saturated rings. The first-order valence-corrected chi connectivity index (χ1v) is 9.88. The van der Waals surface area contributed by atoms with Crippen molar-refractivity contribution in [1.82, 2.24) is 20.1 Å². The number of aliphatic hydroxyl groups excluding tert-OH is 2. The highest BCUT2D eigenvalue weighted by molar-refractivity contribution is 5.92. The molecule has 0 spiro atoms. The van der Waals surface area contributed by atoms with Crippen LogP contribution in [0.15, 0.2) is 55.0 Å². The molecule has 1 aliphatic heterocycles. The maximum absolute atomic E-state index is 12.6. The van der Waals surface area contributed by atoms with Crippen LogP contribution in [-0.4, -0.2) is 56.2 Å². The van der Waals surface area contributed by atoms with E-state index >= 15 is 0 Å². The second-order valence-corrected chi connectivity index (χ2v) is 7.30. The number of benzene rings is 1. The molecule has 4 rings (SSSR count). The number of carbonyl (C=O) groups excluding carboxylic acids is 1. The number of hydrogen-bond acceptors (Lipinski definition) is 6. The largest absolute Gasteiger partial charge is 0.392 e. The van der Waals surface area contributed by atoms with E-state index in [2.05, 4.69) is 15.4 Å². The average molecular weight is 408 g/mol. The number of nitrogens with zero attached hydrogens (tertiary/aromatic N) is 3. The van der Waals surface area contributed by atoms with Gasteiger partial charge in [0.2, 0.25) is 0 Å². The molecule has 30 heavy (non-hydrogen) atoms. The van der Waals surface area contributed by atoms with Crippen LogP contribution in [0, 0.1) is 0 Å². The zero-order valence-electron chi connectivity index (χ0n) is 16.4. The Morgan fingerprint density at radius 1 is 1.27 bits per heavy atom. The molecular weight excluding hydrogens is 384 g/mol. The number of aliphatic hydroxyl groups is 2. The van der Waals surface area contributed by atoms with Gasteiger partial charge in [0.1, 0.15) is 5.69 Å². The third-order valence-corrected chi connectivity index (χ3v) is 5.23. The smallest absolute Gasteiger partial charge is 0.270 e. The molecule has 3 aromatic rings. The lowest BCUT2D eigenvalue weighted by Gasteiger charge is -2.28. The summed E-state index contributed by atoms with van der Waals surface area (Å²) in [5.41, 5.74) is 3.76. The fraction of sp³-hybridized carbons (Fsp3) is 0.318. The van der Waals surface area contributed by atoms with Crippen LogP contribution in [0.3, 0.4) is 0 Å². The third kappa shape index (κ3) is 4.56. The van der Waals surface area contributed by atoms with Gasteiger partial charge in [0.25, 0.3) is 5.91 Å². The maximum Gasteiger partial charge on any atom is 0.270 e. The first-order valence-electron chi connectivity index (χ1n) is 9.88. The minimum Gasteiger partial charge on any atom is -0.392 e. The highest BCUT2D eigenvalue weighted by Crippen LogP contribution is 2.18. The number of ether oxygens (including phenoxy) is 1. The molecule has 1 aliphatic rings. The van der Waals surface area contributed by atoms with Crippen molar-refractivity contribution in [2.45, 2.75) is 31.6 Å². The Morgan fingerprint density at radius 2 is 2.10 bits per heavy atom. The minimum atomic E-state index is -0.729. The molecular formula is C22H24N4O4. The molecule has 0 bridgehead atoms. The van der Waals surface area contributed by atoms with Crippen molar-refractivity contribution in [1.29, 1.82) is 0 Å². The molecule has 0 aliphatic carbocycles.